The molecule has 0 radical (unpaired) electrons. The fraction of sp³-hybridized carbons (Fsp3) is 0.500. The third-order valence-corrected chi connectivity index (χ3v) is 2.42. The Morgan fingerprint density at radius 3 is 2.88 bits per heavy atom. The molecule has 0 saturated heterocycles. The van der Waals surface area contributed by atoms with Crippen LogP contribution in [0, 0.1) is 6.92 Å². The number of aliphatic hydroxyl groups excluding tert-OH is 1. The smallest absolute Gasteiger partial charge is 0.122 e. The molecule has 1 N–H and O–H groups in total. The number of rotatable bonds is 6. The van der Waals surface area contributed by atoms with Crippen molar-refractivity contribution in [3.8, 4) is 5.75 Å². The SMILES string of the molecule is CCOc1ccc(C)cc1C(CCO)N=[N+]=[N-]. The van der Waals surface area contributed by atoms with Crippen LogP contribution >= 0.6 is 0 Å². The normalized spacial score (nSPS) is 11.7. The van der Waals surface area contributed by atoms with Crippen molar-refractivity contribution >= 4 is 0 Å². The van der Waals surface area contributed by atoms with Gasteiger partial charge in [-0.2, -0.15) is 0 Å². The zero-order chi connectivity index (χ0) is 12.7. The predicted molar refractivity (Wildman–Crippen MR) is 65.9 cm³/mol. The molecular formula is C12H17N3O2. The Morgan fingerprint density at radius 2 is 2.29 bits per heavy atom. The van der Waals surface area contributed by atoms with Crippen LogP contribution in [0.3, 0.4) is 0 Å². The Balaban J connectivity index is 3.13. The summed E-state index contributed by atoms with van der Waals surface area (Å²) >= 11 is 0. The van der Waals surface area contributed by atoms with Crippen LogP contribution in [0.15, 0.2) is 23.3 Å². The quantitative estimate of drug-likeness (QED) is 0.467. The highest BCUT2D eigenvalue weighted by Gasteiger charge is 2.14. The van der Waals surface area contributed by atoms with Gasteiger partial charge in [0, 0.05) is 17.1 Å². The Hall–Kier alpha value is -1.71. The van der Waals surface area contributed by atoms with Gasteiger partial charge in [0.15, 0.2) is 0 Å². The summed E-state index contributed by atoms with van der Waals surface area (Å²) in [7, 11) is 0. The summed E-state index contributed by atoms with van der Waals surface area (Å²) in [6.07, 6.45) is 0.396. The minimum atomic E-state index is -0.383. The largest absolute Gasteiger partial charge is 0.494 e. The van der Waals surface area contributed by atoms with Crippen molar-refractivity contribution in [1.82, 2.24) is 0 Å². The molecule has 0 amide bonds. The third-order valence-electron chi connectivity index (χ3n) is 2.42. The maximum Gasteiger partial charge on any atom is 0.122 e. The van der Waals surface area contributed by atoms with E-state index in [0.717, 1.165) is 11.1 Å². The standard InChI is InChI=1S/C12H17N3O2/c1-3-17-12-5-4-9(2)8-10(12)11(6-7-16)14-15-13/h4-5,8,11,16H,3,6-7H2,1-2H3. The summed E-state index contributed by atoms with van der Waals surface area (Å²) in [5, 5.41) is 12.7. The van der Waals surface area contributed by atoms with E-state index in [2.05, 4.69) is 10.0 Å². The molecule has 1 aromatic carbocycles. The fourth-order valence-corrected chi connectivity index (χ4v) is 1.68. The van der Waals surface area contributed by atoms with E-state index >= 15 is 0 Å². The minimum Gasteiger partial charge on any atom is -0.494 e. The first-order valence-corrected chi connectivity index (χ1v) is 5.61. The van der Waals surface area contributed by atoms with Crippen LogP contribution in [0.25, 0.3) is 10.4 Å². The van der Waals surface area contributed by atoms with E-state index in [4.69, 9.17) is 15.4 Å². The lowest BCUT2D eigenvalue weighted by Gasteiger charge is -2.16. The number of nitrogens with zero attached hydrogens (tertiary/aromatic N) is 3. The van der Waals surface area contributed by atoms with Gasteiger partial charge < -0.3 is 9.84 Å². The van der Waals surface area contributed by atoms with Gasteiger partial charge in [-0.25, -0.2) is 0 Å². The van der Waals surface area contributed by atoms with Gasteiger partial charge in [-0.05, 0) is 31.9 Å². The Morgan fingerprint density at radius 1 is 1.53 bits per heavy atom. The molecule has 17 heavy (non-hydrogen) atoms. The molecule has 1 unspecified atom stereocenters. The maximum atomic E-state index is 8.99. The molecule has 92 valence electrons. The van der Waals surface area contributed by atoms with Crippen molar-refractivity contribution in [2.45, 2.75) is 26.3 Å². The first kappa shape index (κ1) is 13.4. The van der Waals surface area contributed by atoms with Crippen molar-refractivity contribution in [1.29, 1.82) is 0 Å². The van der Waals surface area contributed by atoms with E-state index in [0.29, 0.717) is 18.8 Å². The lowest BCUT2D eigenvalue weighted by molar-refractivity contribution is 0.273. The number of aryl methyl sites for hydroxylation is 1. The van der Waals surface area contributed by atoms with Crippen LogP contribution in [0.1, 0.15) is 30.5 Å². The molecule has 0 aliphatic rings. The number of ether oxygens (including phenoxy) is 1. The molecule has 5 heteroatoms. The van der Waals surface area contributed by atoms with Gasteiger partial charge in [0.25, 0.3) is 0 Å². The van der Waals surface area contributed by atoms with Crippen molar-refractivity contribution in [3.05, 3.63) is 39.8 Å². The number of benzene rings is 1. The summed E-state index contributed by atoms with van der Waals surface area (Å²) in [5.41, 5.74) is 10.5. The average Bonchev–Trinajstić information content (AvgIpc) is 2.31. The summed E-state index contributed by atoms with van der Waals surface area (Å²) < 4.78 is 5.50. The molecule has 0 heterocycles. The topological polar surface area (TPSA) is 78.2 Å². The summed E-state index contributed by atoms with van der Waals surface area (Å²) in [6.45, 7) is 4.39. The molecule has 0 aliphatic heterocycles. The molecular weight excluding hydrogens is 218 g/mol. The van der Waals surface area contributed by atoms with Gasteiger partial charge in [-0.15, -0.1) is 0 Å². The fourth-order valence-electron chi connectivity index (χ4n) is 1.68. The Bertz CT molecular complexity index is 414. The van der Waals surface area contributed by atoms with Crippen LogP contribution in [0.2, 0.25) is 0 Å². The average molecular weight is 235 g/mol. The lowest BCUT2D eigenvalue weighted by Crippen LogP contribution is -2.03. The summed E-state index contributed by atoms with van der Waals surface area (Å²) in [6, 6.07) is 5.36. The predicted octanol–water partition coefficient (Wildman–Crippen LogP) is 3.13. The van der Waals surface area contributed by atoms with Gasteiger partial charge in [-0.1, -0.05) is 22.8 Å². The van der Waals surface area contributed by atoms with Crippen LogP contribution in [-0.4, -0.2) is 18.3 Å². The van der Waals surface area contributed by atoms with Crippen LogP contribution in [0.4, 0.5) is 0 Å². The minimum absolute atomic E-state index is 0.0246. The van der Waals surface area contributed by atoms with E-state index in [1.54, 1.807) is 0 Å². The number of azide groups is 1. The molecule has 5 nitrogen and oxygen atoms in total. The van der Waals surface area contributed by atoms with Crippen LogP contribution in [0.5, 0.6) is 5.75 Å². The van der Waals surface area contributed by atoms with Crippen molar-refractivity contribution < 1.29 is 9.84 Å². The van der Waals surface area contributed by atoms with E-state index in [9.17, 15) is 0 Å². The molecule has 0 bridgehead atoms. The lowest BCUT2D eigenvalue weighted by atomic mass is 10.0. The molecule has 0 spiro atoms. The molecule has 0 aromatic heterocycles. The first-order chi connectivity index (χ1) is 8.22. The van der Waals surface area contributed by atoms with E-state index < -0.39 is 0 Å². The van der Waals surface area contributed by atoms with Crippen molar-refractivity contribution in [2.24, 2.45) is 5.11 Å². The molecule has 0 aliphatic carbocycles. The zero-order valence-corrected chi connectivity index (χ0v) is 10.1. The van der Waals surface area contributed by atoms with Gasteiger partial charge >= 0.3 is 0 Å². The highest BCUT2D eigenvalue weighted by Crippen LogP contribution is 2.31. The Kier molecular flexibility index (Phi) is 5.33. The zero-order valence-electron chi connectivity index (χ0n) is 10.1. The molecule has 1 rings (SSSR count). The summed E-state index contributed by atoms with van der Waals surface area (Å²) in [5.74, 6) is 0.712. The van der Waals surface area contributed by atoms with Crippen molar-refractivity contribution in [2.75, 3.05) is 13.2 Å². The second-order valence-electron chi connectivity index (χ2n) is 3.71. The van der Waals surface area contributed by atoms with E-state index in [-0.39, 0.29) is 12.6 Å². The monoisotopic (exact) mass is 235 g/mol. The summed E-state index contributed by atoms with van der Waals surface area (Å²) in [4.78, 5) is 2.82. The van der Waals surface area contributed by atoms with Gasteiger partial charge in [0.1, 0.15) is 5.75 Å². The Labute approximate surface area is 101 Å². The number of aliphatic hydroxyl groups is 1. The molecule has 1 aromatic rings. The van der Waals surface area contributed by atoms with E-state index in [1.165, 1.54) is 0 Å². The second-order valence-corrected chi connectivity index (χ2v) is 3.71. The van der Waals surface area contributed by atoms with Gasteiger partial charge in [0.2, 0.25) is 0 Å². The molecule has 1 atom stereocenters. The molecule has 0 fully saturated rings. The highest BCUT2D eigenvalue weighted by molar-refractivity contribution is 5.39. The second kappa shape index (κ2) is 6.78. The number of hydrogen-bond donors (Lipinski definition) is 1. The van der Waals surface area contributed by atoms with Crippen molar-refractivity contribution in [3.63, 3.8) is 0 Å². The molecule has 0 saturated carbocycles. The van der Waals surface area contributed by atoms with Crippen LogP contribution in [-0.2, 0) is 0 Å². The maximum absolute atomic E-state index is 8.99. The number of hydrogen-bond acceptors (Lipinski definition) is 3. The first-order valence-electron chi connectivity index (χ1n) is 5.61. The van der Waals surface area contributed by atoms with Gasteiger partial charge in [-0.3, -0.25) is 0 Å². The van der Waals surface area contributed by atoms with Gasteiger partial charge in [0.05, 0.1) is 12.6 Å². The van der Waals surface area contributed by atoms with E-state index in [1.807, 2.05) is 32.0 Å². The third kappa shape index (κ3) is 3.66. The van der Waals surface area contributed by atoms with Crippen LogP contribution < -0.4 is 4.74 Å². The highest BCUT2D eigenvalue weighted by atomic mass is 16.5.